The SMILES string of the molecule is C=N/C(NC1(C)CC1)=C(\C)C(C(=O)N1CCN(c2ncc(F)cn2)C(C)C1)=C(C)C. The monoisotopic (exact) mass is 414 g/mol. The Hall–Kier alpha value is -2.77. The van der Waals surface area contributed by atoms with Crippen molar-refractivity contribution in [3.05, 3.63) is 40.8 Å². The summed E-state index contributed by atoms with van der Waals surface area (Å²) in [6, 6.07) is 0.0105. The van der Waals surface area contributed by atoms with E-state index in [2.05, 4.69) is 33.9 Å². The van der Waals surface area contributed by atoms with Crippen LogP contribution < -0.4 is 10.2 Å². The van der Waals surface area contributed by atoms with Gasteiger partial charge in [-0.25, -0.2) is 19.4 Å². The van der Waals surface area contributed by atoms with Crippen LogP contribution in [-0.2, 0) is 4.79 Å². The molecule has 0 bridgehead atoms. The Balaban J connectivity index is 1.78. The van der Waals surface area contributed by atoms with Gasteiger partial charge < -0.3 is 15.1 Å². The van der Waals surface area contributed by atoms with Crippen LogP contribution in [0.3, 0.4) is 0 Å². The Morgan fingerprint density at radius 2 is 1.90 bits per heavy atom. The van der Waals surface area contributed by atoms with Crippen molar-refractivity contribution >= 4 is 18.6 Å². The maximum atomic E-state index is 13.5. The predicted molar refractivity (Wildman–Crippen MR) is 117 cm³/mol. The van der Waals surface area contributed by atoms with Gasteiger partial charge in [-0.2, -0.15) is 0 Å². The number of anilines is 1. The van der Waals surface area contributed by atoms with Crippen LogP contribution in [0.5, 0.6) is 0 Å². The van der Waals surface area contributed by atoms with Crippen molar-refractivity contribution in [2.75, 3.05) is 24.5 Å². The normalized spacial score (nSPS) is 20.9. The largest absolute Gasteiger partial charge is 0.365 e. The molecule has 1 saturated carbocycles. The van der Waals surface area contributed by atoms with Gasteiger partial charge in [-0.3, -0.25) is 4.79 Å². The Kier molecular flexibility index (Phi) is 6.24. The van der Waals surface area contributed by atoms with Crippen molar-refractivity contribution in [2.45, 2.75) is 59.0 Å². The Morgan fingerprint density at radius 3 is 2.40 bits per heavy atom. The van der Waals surface area contributed by atoms with Gasteiger partial charge in [0.05, 0.1) is 12.4 Å². The summed E-state index contributed by atoms with van der Waals surface area (Å²) in [7, 11) is 0. The Morgan fingerprint density at radius 1 is 1.27 bits per heavy atom. The van der Waals surface area contributed by atoms with Crippen LogP contribution in [0.1, 0.15) is 47.5 Å². The molecule has 1 aromatic heterocycles. The second-order valence-corrected chi connectivity index (χ2v) is 8.69. The summed E-state index contributed by atoms with van der Waals surface area (Å²) >= 11 is 0. The molecular formula is C22H31FN6O. The van der Waals surface area contributed by atoms with E-state index < -0.39 is 5.82 Å². The van der Waals surface area contributed by atoms with E-state index in [1.54, 1.807) is 0 Å². The van der Waals surface area contributed by atoms with Gasteiger partial charge >= 0.3 is 0 Å². The van der Waals surface area contributed by atoms with Gasteiger partial charge in [0.25, 0.3) is 5.91 Å². The molecule has 3 rings (SSSR count). The molecule has 1 aromatic rings. The third-order valence-corrected chi connectivity index (χ3v) is 5.80. The maximum absolute atomic E-state index is 13.5. The number of carbonyl (C=O) groups is 1. The van der Waals surface area contributed by atoms with Crippen LogP contribution in [0.15, 0.2) is 39.9 Å². The van der Waals surface area contributed by atoms with E-state index in [-0.39, 0.29) is 17.5 Å². The van der Waals surface area contributed by atoms with Gasteiger partial charge in [0.2, 0.25) is 5.95 Å². The lowest BCUT2D eigenvalue weighted by atomic mass is 9.99. The van der Waals surface area contributed by atoms with Crippen LogP contribution in [0.4, 0.5) is 10.3 Å². The smallest absolute Gasteiger partial charge is 0.254 e. The fraction of sp³-hybridized carbons (Fsp3) is 0.545. The minimum Gasteiger partial charge on any atom is -0.365 e. The quantitative estimate of drug-likeness (QED) is 0.440. The summed E-state index contributed by atoms with van der Waals surface area (Å²) in [5, 5.41) is 3.44. The fourth-order valence-corrected chi connectivity index (χ4v) is 3.77. The lowest BCUT2D eigenvalue weighted by Gasteiger charge is -2.40. The van der Waals surface area contributed by atoms with Gasteiger partial charge in [0, 0.05) is 42.4 Å². The highest BCUT2D eigenvalue weighted by Crippen LogP contribution is 2.36. The zero-order valence-corrected chi connectivity index (χ0v) is 18.5. The van der Waals surface area contributed by atoms with Crippen molar-refractivity contribution in [1.29, 1.82) is 0 Å². The van der Waals surface area contributed by atoms with Crippen molar-refractivity contribution in [3.63, 3.8) is 0 Å². The highest BCUT2D eigenvalue weighted by molar-refractivity contribution is 5.98. The minimum absolute atomic E-state index is 0.0105. The van der Waals surface area contributed by atoms with Gasteiger partial charge in [-0.15, -0.1) is 0 Å². The molecule has 1 saturated heterocycles. The van der Waals surface area contributed by atoms with Crippen LogP contribution in [0, 0.1) is 5.82 Å². The van der Waals surface area contributed by atoms with E-state index in [9.17, 15) is 9.18 Å². The summed E-state index contributed by atoms with van der Waals surface area (Å²) in [5.41, 5.74) is 2.48. The number of piperazine rings is 1. The van der Waals surface area contributed by atoms with E-state index in [1.807, 2.05) is 37.5 Å². The third kappa shape index (κ3) is 4.68. The average molecular weight is 415 g/mol. The molecule has 2 aliphatic rings. The molecule has 1 unspecified atom stereocenters. The lowest BCUT2D eigenvalue weighted by molar-refractivity contribution is -0.127. The average Bonchev–Trinajstić information content (AvgIpc) is 3.43. The fourth-order valence-electron chi connectivity index (χ4n) is 3.77. The van der Waals surface area contributed by atoms with Crippen molar-refractivity contribution in [1.82, 2.24) is 20.2 Å². The van der Waals surface area contributed by atoms with E-state index in [0.717, 1.165) is 24.0 Å². The number of nitrogens with zero attached hydrogens (tertiary/aromatic N) is 5. The number of nitrogens with one attached hydrogen (secondary N) is 1. The predicted octanol–water partition coefficient (Wildman–Crippen LogP) is 3.06. The van der Waals surface area contributed by atoms with Gasteiger partial charge in [-0.05, 0) is 54.2 Å². The second-order valence-electron chi connectivity index (χ2n) is 8.69. The molecule has 1 amide bonds. The first kappa shape index (κ1) is 21.9. The molecule has 1 aliphatic carbocycles. The second kappa shape index (κ2) is 8.53. The summed E-state index contributed by atoms with van der Waals surface area (Å²) in [4.78, 5) is 29.7. The molecule has 1 aliphatic heterocycles. The number of amides is 1. The number of hydrogen-bond donors (Lipinski definition) is 1. The number of allylic oxidation sites excluding steroid dienone is 1. The van der Waals surface area contributed by atoms with Gasteiger partial charge in [0.1, 0.15) is 5.82 Å². The molecule has 2 heterocycles. The summed E-state index contributed by atoms with van der Waals surface area (Å²) < 4.78 is 13.1. The number of carbonyl (C=O) groups excluding carboxylic acids is 1. The maximum Gasteiger partial charge on any atom is 0.254 e. The van der Waals surface area contributed by atoms with Crippen molar-refractivity contribution in [3.8, 4) is 0 Å². The molecule has 8 heteroatoms. The van der Waals surface area contributed by atoms with Crippen LogP contribution in [0.25, 0.3) is 0 Å². The molecule has 2 fully saturated rings. The molecule has 7 nitrogen and oxygen atoms in total. The molecule has 162 valence electrons. The summed E-state index contributed by atoms with van der Waals surface area (Å²) in [6.07, 6.45) is 4.50. The van der Waals surface area contributed by atoms with Crippen molar-refractivity contribution in [2.24, 2.45) is 4.99 Å². The molecule has 0 aromatic carbocycles. The molecule has 0 radical (unpaired) electrons. The number of rotatable bonds is 6. The zero-order valence-electron chi connectivity index (χ0n) is 18.5. The number of aliphatic imine (C=N–C) groups is 1. The third-order valence-electron chi connectivity index (χ3n) is 5.80. The number of aromatic nitrogens is 2. The van der Waals surface area contributed by atoms with Crippen LogP contribution in [0.2, 0.25) is 0 Å². The Bertz CT molecular complexity index is 883. The van der Waals surface area contributed by atoms with Gasteiger partial charge in [-0.1, -0.05) is 5.57 Å². The number of halogens is 1. The molecular weight excluding hydrogens is 383 g/mol. The summed E-state index contributed by atoms with van der Waals surface area (Å²) in [6.45, 7) is 15.3. The Labute approximate surface area is 177 Å². The lowest BCUT2D eigenvalue weighted by Crippen LogP contribution is -2.54. The van der Waals surface area contributed by atoms with E-state index in [1.165, 1.54) is 12.4 Å². The summed E-state index contributed by atoms with van der Waals surface area (Å²) in [5.74, 6) is 0.680. The van der Waals surface area contributed by atoms with E-state index >= 15 is 0 Å². The minimum atomic E-state index is -0.462. The first-order valence-electron chi connectivity index (χ1n) is 10.3. The van der Waals surface area contributed by atoms with Crippen molar-refractivity contribution < 1.29 is 9.18 Å². The molecule has 0 spiro atoms. The van der Waals surface area contributed by atoms with E-state index in [0.29, 0.717) is 37.0 Å². The molecule has 1 atom stereocenters. The first-order chi connectivity index (χ1) is 14.1. The zero-order chi connectivity index (χ0) is 22.1. The number of hydrogen-bond acceptors (Lipinski definition) is 6. The first-order valence-corrected chi connectivity index (χ1v) is 10.3. The van der Waals surface area contributed by atoms with E-state index in [4.69, 9.17) is 0 Å². The molecule has 30 heavy (non-hydrogen) atoms. The molecule has 1 N–H and O–H groups in total. The van der Waals surface area contributed by atoms with Crippen LogP contribution in [-0.4, -0.2) is 58.7 Å². The topological polar surface area (TPSA) is 73.7 Å². The van der Waals surface area contributed by atoms with Gasteiger partial charge in [0.15, 0.2) is 5.82 Å². The highest BCUT2D eigenvalue weighted by Gasteiger charge is 2.38. The standard InChI is InChI=1S/C22H31FN6O/c1-14(2)18(16(4)19(24-6)27-22(5)7-8-22)20(30)28-9-10-29(15(3)13-28)21-25-11-17(23)12-26-21/h11-12,15,27H,6-10,13H2,1-5H3/b19-16-. The highest BCUT2D eigenvalue weighted by atomic mass is 19.1. The van der Waals surface area contributed by atoms with Crippen LogP contribution >= 0.6 is 0 Å².